The van der Waals surface area contributed by atoms with Gasteiger partial charge in [0, 0.05) is 35.1 Å². The maximum atomic E-state index is 12.8. The lowest BCUT2D eigenvalue weighted by Gasteiger charge is -2.14. The van der Waals surface area contributed by atoms with Crippen LogP contribution in [0.4, 0.5) is 11.4 Å². The van der Waals surface area contributed by atoms with E-state index in [4.69, 9.17) is 0 Å². The highest BCUT2D eigenvalue weighted by Gasteiger charge is 2.23. The normalized spacial score (nSPS) is 11.3. The molecule has 0 spiro atoms. The monoisotopic (exact) mass is 332 g/mol. The average molecular weight is 332 g/mol. The molecule has 0 saturated carbocycles. The highest BCUT2D eigenvalue weighted by atomic mass is 31.2. The Kier molecular flexibility index (Phi) is 6.26. The Morgan fingerprint density at radius 3 is 1.43 bits per heavy atom. The Labute approximate surface area is 138 Å². The fourth-order valence-corrected chi connectivity index (χ4v) is 3.65. The van der Waals surface area contributed by atoms with Gasteiger partial charge in [-0.2, -0.15) is 0 Å². The molecule has 124 valence electrons. The van der Waals surface area contributed by atoms with Gasteiger partial charge in [0.25, 0.3) is 7.37 Å². The van der Waals surface area contributed by atoms with Crippen molar-refractivity contribution in [2.45, 2.75) is 26.7 Å². The van der Waals surface area contributed by atoms with E-state index >= 15 is 0 Å². The van der Waals surface area contributed by atoms with Crippen molar-refractivity contribution in [3.63, 3.8) is 0 Å². The summed E-state index contributed by atoms with van der Waals surface area (Å²) >= 11 is 0. The Morgan fingerprint density at radius 2 is 1.13 bits per heavy atom. The van der Waals surface area contributed by atoms with E-state index in [0.29, 0.717) is 10.6 Å². The highest BCUT2D eigenvalue weighted by Crippen LogP contribution is 2.38. The first-order valence-electron chi connectivity index (χ1n) is 8.09. The predicted molar refractivity (Wildman–Crippen MR) is 99.5 cm³/mol. The van der Waals surface area contributed by atoms with E-state index < -0.39 is 7.37 Å². The van der Waals surface area contributed by atoms with Crippen molar-refractivity contribution < 1.29 is 9.46 Å². The van der Waals surface area contributed by atoms with Crippen molar-refractivity contribution in [2.75, 3.05) is 23.7 Å². The van der Waals surface area contributed by atoms with Crippen LogP contribution in [-0.2, 0) is 4.57 Å². The summed E-state index contributed by atoms with van der Waals surface area (Å²) in [4.78, 5) is 10.5. The van der Waals surface area contributed by atoms with Crippen molar-refractivity contribution in [3.8, 4) is 0 Å². The maximum Gasteiger partial charge on any atom is 0.258 e. The standard InChI is InChI=1S/C18H25N2O2P/c1-3-13-19-15-5-9-17(10-6-15)23(21,22)18-11-7-16(8-12-18)20-14-4-2/h5-12,19-20H,3-4,13-14H2,1-2H3,(H,21,22). The fourth-order valence-electron chi connectivity index (χ4n) is 2.25. The second kappa shape index (κ2) is 8.19. The van der Waals surface area contributed by atoms with E-state index in [1.54, 1.807) is 24.3 Å². The first-order valence-corrected chi connectivity index (χ1v) is 9.75. The smallest absolute Gasteiger partial charge is 0.258 e. The lowest BCUT2D eigenvalue weighted by molar-refractivity contribution is 0.501. The van der Waals surface area contributed by atoms with E-state index in [1.165, 1.54) is 0 Å². The van der Waals surface area contributed by atoms with Gasteiger partial charge in [-0.15, -0.1) is 0 Å². The third-order valence-electron chi connectivity index (χ3n) is 3.59. The molecule has 0 aliphatic carbocycles. The molecule has 23 heavy (non-hydrogen) atoms. The zero-order valence-corrected chi connectivity index (χ0v) is 14.6. The number of nitrogens with one attached hydrogen (secondary N) is 2. The van der Waals surface area contributed by atoms with E-state index in [-0.39, 0.29) is 0 Å². The molecule has 2 rings (SSSR count). The van der Waals surface area contributed by atoms with Crippen LogP contribution in [-0.4, -0.2) is 18.0 Å². The van der Waals surface area contributed by atoms with Crippen LogP contribution >= 0.6 is 7.37 Å². The van der Waals surface area contributed by atoms with Crippen molar-refractivity contribution in [1.82, 2.24) is 0 Å². The summed E-state index contributed by atoms with van der Waals surface area (Å²) in [7, 11) is -3.54. The minimum absolute atomic E-state index is 0.453. The molecule has 2 aromatic rings. The van der Waals surface area contributed by atoms with Crippen LogP contribution in [0.5, 0.6) is 0 Å². The van der Waals surface area contributed by atoms with E-state index in [0.717, 1.165) is 37.3 Å². The van der Waals surface area contributed by atoms with Crippen molar-refractivity contribution in [2.24, 2.45) is 0 Å². The topological polar surface area (TPSA) is 61.4 Å². The summed E-state index contributed by atoms with van der Waals surface area (Å²) < 4.78 is 12.8. The van der Waals surface area contributed by atoms with Gasteiger partial charge in [-0.1, -0.05) is 13.8 Å². The zero-order valence-electron chi connectivity index (χ0n) is 13.7. The van der Waals surface area contributed by atoms with Crippen LogP contribution in [0.25, 0.3) is 0 Å². The third-order valence-corrected chi connectivity index (χ3v) is 5.59. The molecule has 3 N–H and O–H groups in total. The van der Waals surface area contributed by atoms with Crippen LogP contribution < -0.4 is 21.2 Å². The second-order valence-corrected chi connectivity index (χ2v) is 7.71. The maximum absolute atomic E-state index is 12.8. The predicted octanol–water partition coefficient (Wildman–Crippen LogP) is 3.55. The summed E-state index contributed by atoms with van der Waals surface area (Å²) in [5.41, 5.74) is 1.93. The van der Waals surface area contributed by atoms with Gasteiger partial charge in [0.05, 0.1) is 0 Å². The van der Waals surface area contributed by atoms with Gasteiger partial charge in [-0.3, -0.25) is 4.57 Å². The number of hydrogen-bond donors (Lipinski definition) is 3. The fraction of sp³-hybridized carbons (Fsp3) is 0.333. The molecule has 2 aromatic carbocycles. The van der Waals surface area contributed by atoms with Crippen LogP contribution in [0, 0.1) is 0 Å². The van der Waals surface area contributed by atoms with Crippen LogP contribution in [0.15, 0.2) is 48.5 Å². The van der Waals surface area contributed by atoms with Gasteiger partial charge in [0.1, 0.15) is 0 Å². The second-order valence-electron chi connectivity index (χ2n) is 5.52. The molecule has 0 aliphatic heterocycles. The molecule has 0 saturated heterocycles. The van der Waals surface area contributed by atoms with Gasteiger partial charge < -0.3 is 15.5 Å². The van der Waals surface area contributed by atoms with E-state index in [2.05, 4.69) is 24.5 Å². The number of anilines is 2. The Hall–Kier alpha value is -1.77. The molecule has 0 atom stereocenters. The SMILES string of the molecule is CCCNc1ccc(P(=O)(O)c2ccc(NCCC)cc2)cc1. The van der Waals surface area contributed by atoms with Crippen molar-refractivity contribution in [3.05, 3.63) is 48.5 Å². The largest absolute Gasteiger partial charge is 0.385 e. The molecule has 0 bridgehead atoms. The Balaban J connectivity index is 2.15. The summed E-state index contributed by atoms with van der Waals surface area (Å²) in [6.45, 7) is 5.98. The zero-order chi connectivity index (χ0) is 16.7. The van der Waals surface area contributed by atoms with Crippen molar-refractivity contribution in [1.29, 1.82) is 0 Å². The molecule has 4 nitrogen and oxygen atoms in total. The number of rotatable bonds is 8. The molecule has 0 fully saturated rings. The molecule has 0 aliphatic rings. The molecule has 0 aromatic heterocycles. The van der Waals surface area contributed by atoms with Crippen LogP contribution in [0.2, 0.25) is 0 Å². The lowest BCUT2D eigenvalue weighted by Crippen LogP contribution is -2.16. The molecule has 0 radical (unpaired) electrons. The van der Waals surface area contributed by atoms with Crippen LogP contribution in [0.1, 0.15) is 26.7 Å². The summed E-state index contributed by atoms with van der Waals surface area (Å²) in [6.07, 6.45) is 2.08. The molecule has 0 amide bonds. The van der Waals surface area contributed by atoms with Gasteiger partial charge in [0.2, 0.25) is 0 Å². The summed E-state index contributed by atoms with van der Waals surface area (Å²) in [6, 6.07) is 14.3. The molecule has 0 unspecified atom stereocenters. The Bertz CT molecular complexity index is 598. The van der Waals surface area contributed by atoms with Gasteiger partial charge in [-0.05, 0) is 61.4 Å². The molecule has 5 heteroatoms. The Morgan fingerprint density at radius 1 is 0.783 bits per heavy atom. The number of hydrogen-bond acceptors (Lipinski definition) is 3. The summed E-state index contributed by atoms with van der Waals surface area (Å²) in [5, 5.41) is 7.43. The molecule has 0 heterocycles. The highest BCUT2D eigenvalue weighted by molar-refractivity contribution is 7.73. The first kappa shape index (κ1) is 17.6. The van der Waals surface area contributed by atoms with E-state index in [9.17, 15) is 9.46 Å². The molecular formula is C18H25N2O2P. The van der Waals surface area contributed by atoms with Gasteiger partial charge in [-0.25, -0.2) is 0 Å². The average Bonchev–Trinajstić information content (AvgIpc) is 2.59. The molecular weight excluding hydrogens is 307 g/mol. The van der Waals surface area contributed by atoms with E-state index in [1.807, 2.05) is 24.3 Å². The van der Waals surface area contributed by atoms with Crippen molar-refractivity contribution >= 4 is 29.4 Å². The first-order chi connectivity index (χ1) is 11.1. The third kappa shape index (κ3) is 4.60. The van der Waals surface area contributed by atoms with Gasteiger partial charge >= 0.3 is 0 Å². The summed E-state index contributed by atoms with van der Waals surface area (Å²) in [5.74, 6) is 0. The lowest BCUT2D eigenvalue weighted by atomic mass is 10.3. The minimum Gasteiger partial charge on any atom is -0.385 e. The quantitative estimate of drug-likeness (QED) is 0.647. The minimum atomic E-state index is -3.54. The van der Waals surface area contributed by atoms with Crippen LogP contribution in [0.3, 0.4) is 0 Å². The van der Waals surface area contributed by atoms with Gasteiger partial charge in [0.15, 0.2) is 0 Å². The number of benzene rings is 2.